The molecule has 55 heavy (non-hydrogen) atoms. The Hall–Kier alpha value is -0.810. The number of hydrogen-bond acceptors (Lipinski definition) is 8. The lowest BCUT2D eigenvalue weighted by Crippen LogP contribution is -2.60. The fourth-order valence-corrected chi connectivity index (χ4v) is 7.87. The molecule has 0 aromatic heterocycles. The number of hydrogen-bond donors (Lipinski definition) is 6. The van der Waals surface area contributed by atoms with Crippen LogP contribution in [0.15, 0.2) is 0 Å². The second-order valence-corrected chi connectivity index (χ2v) is 16.9. The lowest BCUT2D eigenvalue weighted by molar-refractivity contribution is -0.302. The van der Waals surface area contributed by atoms with Gasteiger partial charge in [0.25, 0.3) is 0 Å². The smallest absolute Gasteiger partial charge is 0.220 e. The maximum absolute atomic E-state index is 13.0. The number of rotatable bonds is 40. The summed E-state index contributed by atoms with van der Waals surface area (Å²) in [5, 5.41) is 54.3. The van der Waals surface area contributed by atoms with Gasteiger partial charge in [-0.2, -0.15) is 0 Å². The summed E-state index contributed by atoms with van der Waals surface area (Å²) >= 11 is 0. The van der Waals surface area contributed by atoms with E-state index in [1.807, 2.05) is 0 Å². The fraction of sp³-hybridized carbons (Fsp3) is 0.978. The zero-order valence-electron chi connectivity index (χ0n) is 36.0. The average Bonchev–Trinajstić information content (AvgIpc) is 3.18. The summed E-state index contributed by atoms with van der Waals surface area (Å²) in [6.07, 6.45) is 33.9. The molecule has 0 aromatic carbocycles. The average molecular weight is 786 g/mol. The third-order valence-corrected chi connectivity index (χ3v) is 11.7. The van der Waals surface area contributed by atoms with Crippen molar-refractivity contribution in [3.8, 4) is 0 Å². The molecule has 1 saturated heterocycles. The molecule has 0 unspecified atom stereocenters. The van der Waals surface area contributed by atoms with Crippen LogP contribution in [0.2, 0.25) is 0 Å². The van der Waals surface area contributed by atoms with E-state index in [9.17, 15) is 30.3 Å². The van der Waals surface area contributed by atoms with Crippen molar-refractivity contribution in [1.82, 2.24) is 5.32 Å². The molecule has 0 spiro atoms. The Morgan fingerprint density at radius 3 is 1.29 bits per heavy atom. The molecule has 1 aliphatic rings. The number of ether oxygens (including phenoxy) is 2. The van der Waals surface area contributed by atoms with E-state index in [2.05, 4.69) is 19.2 Å². The van der Waals surface area contributed by atoms with Crippen molar-refractivity contribution in [1.29, 1.82) is 0 Å². The number of nitrogens with one attached hydrogen (secondary N) is 1. The Bertz CT molecular complexity index is 832. The van der Waals surface area contributed by atoms with Crippen molar-refractivity contribution < 1.29 is 39.8 Å². The van der Waals surface area contributed by atoms with Crippen LogP contribution in [-0.2, 0) is 14.3 Å². The molecule has 7 atom stereocenters. The molecule has 0 aliphatic carbocycles. The summed E-state index contributed by atoms with van der Waals surface area (Å²) in [4.78, 5) is 13.0. The first-order chi connectivity index (χ1) is 26.8. The highest BCUT2D eigenvalue weighted by atomic mass is 16.7. The lowest BCUT2D eigenvalue weighted by atomic mass is 9.99. The van der Waals surface area contributed by atoms with Gasteiger partial charge in [-0.05, 0) is 12.8 Å². The third-order valence-electron chi connectivity index (χ3n) is 11.7. The minimum absolute atomic E-state index is 0.132. The Morgan fingerprint density at radius 1 is 0.545 bits per heavy atom. The van der Waals surface area contributed by atoms with Crippen molar-refractivity contribution in [3.63, 3.8) is 0 Å². The summed E-state index contributed by atoms with van der Waals surface area (Å²) in [5.74, 6) is -0.140. The van der Waals surface area contributed by atoms with Gasteiger partial charge < -0.3 is 40.3 Å². The SMILES string of the molecule is CCCCCCCCCCCCCCCCCCCCCC(=O)N[C@@H](CO[C@@H]1O[C@H](CO)[C@@H](O)[C@H](O)[C@H]1O)[C@H](O)CCCCCCCCCCCCCCC. The lowest BCUT2D eigenvalue weighted by Gasteiger charge is -2.40. The molecule has 328 valence electrons. The first-order valence-corrected chi connectivity index (χ1v) is 23.7. The predicted octanol–water partition coefficient (Wildman–Crippen LogP) is 9.95. The van der Waals surface area contributed by atoms with Gasteiger partial charge in [0.1, 0.15) is 24.4 Å². The molecule has 9 nitrogen and oxygen atoms in total. The van der Waals surface area contributed by atoms with E-state index in [0.29, 0.717) is 12.8 Å². The molecule has 1 fully saturated rings. The van der Waals surface area contributed by atoms with Gasteiger partial charge in [0.2, 0.25) is 5.91 Å². The van der Waals surface area contributed by atoms with Gasteiger partial charge in [0, 0.05) is 6.42 Å². The summed E-state index contributed by atoms with van der Waals surface area (Å²) in [5.41, 5.74) is 0. The van der Waals surface area contributed by atoms with Gasteiger partial charge >= 0.3 is 0 Å². The summed E-state index contributed by atoms with van der Waals surface area (Å²) in [6.45, 7) is 3.85. The summed E-state index contributed by atoms with van der Waals surface area (Å²) in [7, 11) is 0. The monoisotopic (exact) mass is 786 g/mol. The molecular weight excluding hydrogens is 695 g/mol. The third kappa shape index (κ3) is 28.3. The largest absolute Gasteiger partial charge is 0.394 e. The van der Waals surface area contributed by atoms with Crippen LogP contribution in [0, 0.1) is 0 Å². The minimum Gasteiger partial charge on any atom is -0.394 e. The maximum Gasteiger partial charge on any atom is 0.220 e. The molecule has 1 heterocycles. The Labute approximate surface area is 338 Å². The van der Waals surface area contributed by atoms with Crippen LogP contribution < -0.4 is 5.32 Å². The number of carbonyl (C=O) groups is 1. The highest BCUT2D eigenvalue weighted by Crippen LogP contribution is 2.23. The van der Waals surface area contributed by atoms with E-state index in [1.165, 1.54) is 167 Å². The van der Waals surface area contributed by atoms with E-state index < -0.39 is 49.5 Å². The van der Waals surface area contributed by atoms with Crippen molar-refractivity contribution >= 4 is 5.91 Å². The van der Waals surface area contributed by atoms with Crippen LogP contribution in [0.3, 0.4) is 0 Å². The van der Waals surface area contributed by atoms with Crippen molar-refractivity contribution in [2.75, 3.05) is 13.2 Å². The molecule has 0 aromatic rings. The van der Waals surface area contributed by atoms with Gasteiger partial charge in [0.05, 0.1) is 25.4 Å². The molecule has 0 bridgehead atoms. The molecule has 1 rings (SSSR count). The van der Waals surface area contributed by atoms with Gasteiger partial charge in [-0.1, -0.05) is 213 Å². The minimum atomic E-state index is -1.55. The zero-order chi connectivity index (χ0) is 40.2. The number of aliphatic hydroxyl groups excluding tert-OH is 5. The topological polar surface area (TPSA) is 149 Å². The highest BCUT2D eigenvalue weighted by Gasteiger charge is 2.44. The molecule has 1 aliphatic heterocycles. The Kier molecular flexibility index (Phi) is 35.6. The van der Waals surface area contributed by atoms with Crippen molar-refractivity contribution in [3.05, 3.63) is 0 Å². The van der Waals surface area contributed by atoms with Crippen molar-refractivity contribution in [2.45, 2.75) is 275 Å². The maximum atomic E-state index is 13.0. The quantitative estimate of drug-likeness (QED) is 0.0337. The fourth-order valence-electron chi connectivity index (χ4n) is 7.87. The number of carbonyl (C=O) groups excluding carboxylic acids is 1. The molecule has 6 N–H and O–H groups in total. The summed E-state index contributed by atoms with van der Waals surface area (Å²) in [6, 6.07) is -0.711. The molecular formula is C46H91NO8. The molecule has 0 saturated carbocycles. The van der Waals surface area contributed by atoms with E-state index in [-0.39, 0.29) is 12.5 Å². The van der Waals surface area contributed by atoms with Gasteiger partial charge in [0.15, 0.2) is 6.29 Å². The highest BCUT2D eigenvalue weighted by molar-refractivity contribution is 5.76. The molecule has 0 radical (unpaired) electrons. The first-order valence-electron chi connectivity index (χ1n) is 23.7. The number of aliphatic hydroxyl groups is 5. The van der Waals surface area contributed by atoms with Crippen LogP contribution in [0.25, 0.3) is 0 Å². The van der Waals surface area contributed by atoms with Crippen molar-refractivity contribution in [2.24, 2.45) is 0 Å². The van der Waals surface area contributed by atoms with Crippen LogP contribution >= 0.6 is 0 Å². The van der Waals surface area contributed by atoms with E-state index in [1.54, 1.807) is 0 Å². The first kappa shape index (κ1) is 52.2. The van der Waals surface area contributed by atoms with E-state index in [4.69, 9.17) is 9.47 Å². The van der Waals surface area contributed by atoms with E-state index >= 15 is 0 Å². The Balaban J connectivity index is 2.28. The standard InChI is InChI=1S/C46H91NO8/c1-3-5-7-9-11-13-15-17-18-19-20-21-22-24-26-28-30-32-34-36-42(50)47-39(38-54-46-45(53)44(52)43(51)41(37-48)55-46)40(49)35-33-31-29-27-25-23-16-14-12-10-8-6-4-2/h39-41,43-46,48-49,51-53H,3-38H2,1-2H3,(H,47,50)/t39-,40+,41+,43+,44-,45+,46+/m0/s1. The second-order valence-electron chi connectivity index (χ2n) is 16.9. The van der Waals surface area contributed by atoms with Gasteiger partial charge in [-0.3, -0.25) is 4.79 Å². The van der Waals surface area contributed by atoms with Crippen LogP contribution in [-0.4, -0.2) is 87.5 Å². The number of amides is 1. The zero-order valence-corrected chi connectivity index (χ0v) is 36.0. The molecule has 1 amide bonds. The van der Waals surface area contributed by atoms with Gasteiger partial charge in [-0.25, -0.2) is 0 Å². The van der Waals surface area contributed by atoms with Crippen LogP contribution in [0.1, 0.15) is 232 Å². The predicted molar refractivity (Wildman–Crippen MR) is 226 cm³/mol. The normalized spacial score (nSPS) is 21.2. The van der Waals surface area contributed by atoms with Gasteiger partial charge in [-0.15, -0.1) is 0 Å². The molecule has 9 heteroatoms. The second kappa shape index (κ2) is 37.5. The summed E-state index contributed by atoms with van der Waals surface area (Å²) < 4.78 is 11.3. The van der Waals surface area contributed by atoms with E-state index in [0.717, 1.165) is 38.5 Å². The number of unbranched alkanes of at least 4 members (excludes halogenated alkanes) is 30. The van der Waals surface area contributed by atoms with Crippen LogP contribution in [0.4, 0.5) is 0 Å². The Morgan fingerprint density at radius 2 is 0.909 bits per heavy atom. The van der Waals surface area contributed by atoms with Crippen LogP contribution in [0.5, 0.6) is 0 Å².